The monoisotopic (exact) mass is 514 g/mol. The van der Waals surface area contributed by atoms with Crippen molar-refractivity contribution in [3.8, 4) is 0 Å². The number of hydrogen-bond acceptors (Lipinski definition) is 4. The lowest BCUT2D eigenvalue weighted by Crippen LogP contribution is -2.53. The number of carbonyl (C=O) groups excluding carboxylic acids is 2. The Morgan fingerprint density at radius 3 is 2.43 bits per heavy atom. The summed E-state index contributed by atoms with van der Waals surface area (Å²) in [7, 11) is 0. The minimum absolute atomic E-state index is 0.00505. The molecule has 3 saturated heterocycles. The molecule has 3 unspecified atom stereocenters. The van der Waals surface area contributed by atoms with E-state index < -0.39 is 0 Å². The van der Waals surface area contributed by atoms with Gasteiger partial charge < -0.3 is 15.1 Å². The van der Waals surface area contributed by atoms with E-state index in [1.54, 1.807) is 6.07 Å². The van der Waals surface area contributed by atoms with Crippen LogP contribution in [0.1, 0.15) is 45.9 Å². The molecule has 2 aromatic carbocycles. The lowest BCUT2D eigenvalue weighted by Gasteiger charge is -2.42. The quantitative estimate of drug-likeness (QED) is 0.653. The molecule has 0 spiro atoms. The first kappa shape index (κ1) is 24.6. The molecule has 6 nitrogen and oxygen atoms in total. The molecule has 3 aliphatic rings. The van der Waals surface area contributed by atoms with E-state index >= 15 is 0 Å². The van der Waals surface area contributed by atoms with Crippen molar-refractivity contribution in [3.63, 3.8) is 0 Å². The van der Waals surface area contributed by atoms with Gasteiger partial charge in [0.2, 0.25) is 5.91 Å². The Hall–Kier alpha value is -2.12. The number of piperazine rings is 2. The van der Waals surface area contributed by atoms with E-state index in [1.165, 1.54) is 6.42 Å². The lowest BCUT2D eigenvalue weighted by molar-refractivity contribution is -0.136. The van der Waals surface area contributed by atoms with Crippen LogP contribution in [0.4, 0.5) is 0 Å². The molecule has 186 valence electrons. The first-order valence-corrected chi connectivity index (χ1v) is 13.1. The summed E-state index contributed by atoms with van der Waals surface area (Å²) < 4.78 is 0. The zero-order valence-corrected chi connectivity index (χ0v) is 21.8. The number of likely N-dealkylation sites (tertiary alicyclic amines) is 1. The molecule has 0 aromatic heterocycles. The standard InChI is InChI=1S/C27H32Cl2N4O2/c1-17-9-18(2)11-20(10-17)27(35)32-7-8-33(25(16-32)19-3-4-23(28)24(29)12-19)26(34)5-6-31-15-21-13-22(31)14-30-21/h3-4,9-12,21-22,25,30H,5-8,13-16H2,1-2H3. The molecule has 3 fully saturated rings. The van der Waals surface area contributed by atoms with Gasteiger partial charge in [-0.15, -0.1) is 0 Å². The van der Waals surface area contributed by atoms with E-state index in [0.29, 0.717) is 53.7 Å². The number of halogens is 2. The summed E-state index contributed by atoms with van der Waals surface area (Å²) in [5.41, 5.74) is 3.71. The highest BCUT2D eigenvalue weighted by molar-refractivity contribution is 6.42. The van der Waals surface area contributed by atoms with Crippen molar-refractivity contribution in [1.82, 2.24) is 20.0 Å². The van der Waals surface area contributed by atoms with E-state index in [9.17, 15) is 9.59 Å². The normalized spacial score (nSPS) is 24.3. The summed E-state index contributed by atoms with van der Waals surface area (Å²) in [6.07, 6.45) is 1.66. The number of nitrogens with one attached hydrogen (secondary N) is 1. The SMILES string of the molecule is Cc1cc(C)cc(C(=O)N2CCN(C(=O)CCN3CC4CC3CN4)C(c3ccc(Cl)c(Cl)c3)C2)c1. The van der Waals surface area contributed by atoms with Crippen LogP contribution in [-0.2, 0) is 4.79 Å². The molecule has 2 bridgehead atoms. The number of carbonyl (C=O) groups is 2. The molecule has 3 heterocycles. The van der Waals surface area contributed by atoms with Crippen LogP contribution in [0.15, 0.2) is 36.4 Å². The number of nitrogens with zero attached hydrogens (tertiary/aromatic N) is 3. The summed E-state index contributed by atoms with van der Waals surface area (Å²) in [6, 6.07) is 12.3. The fourth-order valence-electron chi connectivity index (χ4n) is 5.86. The van der Waals surface area contributed by atoms with Crippen LogP contribution in [0.2, 0.25) is 10.0 Å². The smallest absolute Gasteiger partial charge is 0.254 e. The Morgan fingerprint density at radius 1 is 1.00 bits per heavy atom. The van der Waals surface area contributed by atoms with Gasteiger partial charge in [-0.3, -0.25) is 14.5 Å². The third kappa shape index (κ3) is 5.21. The Labute approximate surface area is 217 Å². The number of hydrogen-bond donors (Lipinski definition) is 1. The molecule has 2 aromatic rings. The van der Waals surface area contributed by atoms with Crippen LogP contribution < -0.4 is 5.32 Å². The second-order valence-corrected chi connectivity index (χ2v) is 11.0. The van der Waals surface area contributed by atoms with E-state index in [1.807, 2.05) is 47.9 Å². The summed E-state index contributed by atoms with van der Waals surface area (Å²) in [6.45, 7) is 8.24. The molecule has 0 saturated carbocycles. The average Bonchev–Trinajstić information content (AvgIpc) is 3.46. The van der Waals surface area contributed by atoms with Gasteiger partial charge in [0.25, 0.3) is 5.91 Å². The molecule has 0 radical (unpaired) electrons. The van der Waals surface area contributed by atoms with Gasteiger partial charge in [-0.25, -0.2) is 0 Å². The molecular weight excluding hydrogens is 483 g/mol. The number of amides is 2. The molecule has 2 amide bonds. The fraction of sp³-hybridized carbons (Fsp3) is 0.481. The summed E-state index contributed by atoms with van der Waals surface area (Å²) >= 11 is 12.5. The molecule has 3 atom stereocenters. The summed E-state index contributed by atoms with van der Waals surface area (Å²) in [5, 5.41) is 4.44. The Balaban J connectivity index is 1.34. The van der Waals surface area contributed by atoms with Crippen molar-refractivity contribution in [3.05, 3.63) is 68.7 Å². The predicted octanol–water partition coefficient (Wildman–Crippen LogP) is 4.07. The molecule has 8 heteroatoms. The highest BCUT2D eigenvalue weighted by Crippen LogP contribution is 2.32. The Morgan fingerprint density at radius 2 is 1.77 bits per heavy atom. The van der Waals surface area contributed by atoms with Gasteiger partial charge in [0.1, 0.15) is 0 Å². The molecule has 5 rings (SSSR count). The minimum atomic E-state index is -0.266. The van der Waals surface area contributed by atoms with Crippen molar-refractivity contribution < 1.29 is 9.59 Å². The number of benzene rings is 2. The lowest BCUT2D eigenvalue weighted by atomic mass is 10.00. The first-order valence-electron chi connectivity index (χ1n) is 12.4. The molecular formula is C27H32Cl2N4O2. The van der Waals surface area contributed by atoms with E-state index in [0.717, 1.165) is 36.3 Å². The van der Waals surface area contributed by atoms with Crippen LogP contribution in [0, 0.1) is 13.8 Å². The molecule has 3 aliphatic heterocycles. The minimum Gasteiger partial charge on any atom is -0.334 e. The highest BCUT2D eigenvalue weighted by atomic mass is 35.5. The second kappa shape index (κ2) is 10.1. The second-order valence-electron chi connectivity index (χ2n) is 10.1. The Kier molecular flexibility index (Phi) is 7.09. The average molecular weight is 515 g/mol. The Bertz CT molecular complexity index is 1120. The van der Waals surface area contributed by atoms with Gasteiger partial charge in [-0.1, -0.05) is 46.5 Å². The molecule has 1 N–H and O–H groups in total. The first-order chi connectivity index (χ1) is 16.8. The van der Waals surface area contributed by atoms with Crippen molar-refractivity contribution in [2.75, 3.05) is 39.3 Å². The molecule has 0 aliphatic carbocycles. The zero-order chi connectivity index (χ0) is 24.7. The maximum atomic E-state index is 13.5. The largest absolute Gasteiger partial charge is 0.334 e. The van der Waals surface area contributed by atoms with Gasteiger partial charge in [0.05, 0.1) is 16.1 Å². The summed E-state index contributed by atoms with van der Waals surface area (Å²) in [5.74, 6) is 0.116. The van der Waals surface area contributed by atoms with Crippen LogP contribution in [-0.4, -0.2) is 77.9 Å². The van der Waals surface area contributed by atoms with Gasteiger partial charge in [0, 0.05) is 63.3 Å². The van der Waals surface area contributed by atoms with Gasteiger partial charge in [-0.05, 0) is 50.1 Å². The van der Waals surface area contributed by atoms with Crippen molar-refractivity contribution >= 4 is 35.0 Å². The van der Waals surface area contributed by atoms with E-state index in [2.05, 4.69) is 16.3 Å². The summed E-state index contributed by atoms with van der Waals surface area (Å²) in [4.78, 5) is 33.1. The fourth-order valence-corrected chi connectivity index (χ4v) is 6.16. The van der Waals surface area contributed by atoms with Gasteiger partial charge in [0.15, 0.2) is 0 Å². The number of rotatable bonds is 5. The predicted molar refractivity (Wildman–Crippen MR) is 139 cm³/mol. The molecule has 35 heavy (non-hydrogen) atoms. The van der Waals surface area contributed by atoms with Crippen LogP contribution in [0.3, 0.4) is 0 Å². The van der Waals surface area contributed by atoms with Crippen LogP contribution >= 0.6 is 23.2 Å². The third-order valence-corrected chi connectivity index (χ3v) is 8.31. The topological polar surface area (TPSA) is 55.9 Å². The van der Waals surface area contributed by atoms with Crippen LogP contribution in [0.5, 0.6) is 0 Å². The van der Waals surface area contributed by atoms with Crippen LogP contribution in [0.25, 0.3) is 0 Å². The van der Waals surface area contributed by atoms with E-state index in [-0.39, 0.29) is 17.9 Å². The maximum absolute atomic E-state index is 13.5. The third-order valence-electron chi connectivity index (χ3n) is 7.57. The number of aryl methyl sites for hydroxylation is 2. The van der Waals surface area contributed by atoms with Crippen molar-refractivity contribution in [2.45, 2.75) is 44.8 Å². The highest BCUT2D eigenvalue weighted by Gasteiger charge is 2.38. The zero-order valence-electron chi connectivity index (χ0n) is 20.3. The van der Waals surface area contributed by atoms with Gasteiger partial charge >= 0.3 is 0 Å². The van der Waals surface area contributed by atoms with E-state index in [4.69, 9.17) is 23.2 Å². The maximum Gasteiger partial charge on any atom is 0.254 e. The van der Waals surface area contributed by atoms with Gasteiger partial charge in [-0.2, -0.15) is 0 Å². The number of fused-ring (bicyclic) bond motifs is 2. The van der Waals surface area contributed by atoms with Crippen molar-refractivity contribution in [2.24, 2.45) is 0 Å². The van der Waals surface area contributed by atoms with Crippen molar-refractivity contribution in [1.29, 1.82) is 0 Å².